The second-order valence-corrected chi connectivity index (χ2v) is 3.42. The molecular weight excluding hydrogens is 172 g/mol. The van der Waals surface area contributed by atoms with Gasteiger partial charge in [-0.2, -0.15) is 0 Å². The molecule has 1 saturated heterocycles. The van der Waals surface area contributed by atoms with Crippen LogP contribution in [-0.2, 0) is 4.79 Å². The fourth-order valence-electron chi connectivity index (χ4n) is 1.67. The molecule has 1 fully saturated rings. The van der Waals surface area contributed by atoms with Gasteiger partial charge in [0.1, 0.15) is 6.04 Å². The fraction of sp³-hybridized carbons (Fsp3) is 0.875. The molecule has 2 atom stereocenters. The molecule has 1 aliphatic heterocycles. The van der Waals surface area contributed by atoms with Gasteiger partial charge in [-0.25, -0.2) is 0 Å². The highest BCUT2D eigenvalue weighted by Crippen LogP contribution is 2.16. The monoisotopic (exact) mass is 188 g/mol. The predicted octanol–water partition coefficient (Wildman–Crippen LogP) is -1.14. The Labute approximate surface area is 77.1 Å². The SMILES string of the molecule is NC(CN1CCCC1CO)C(=O)O. The number of likely N-dealkylation sites (tertiary alicyclic amines) is 1. The summed E-state index contributed by atoms with van der Waals surface area (Å²) in [4.78, 5) is 12.4. The Kier molecular flexibility index (Phi) is 3.65. The highest BCUT2D eigenvalue weighted by Gasteiger charge is 2.26. The van der Waals surface area contributed by atoms with E-state index in [9.17, 15) is 4.79 Å². The Hall–Kier alpha value is -0.650. The summed E-state index contributed by atoms with van der Waals surface area (Å²) in [5.74, 6) is -0.983. The summed E-state index contributed by atoms with van der Waals surface area (Å²) in [6.45, 7) is 1.26. The topological polar surface area (TPSA) is 86.8 Å². The molecule has 5 nitrogen and oxygen atoms in total. The van der Waals surface area contributed by atoms with Crippen LogP contribution in [0.3, 0.4) is 0 Å². The Morgan fingerprint density at radius 2 is 2.38 bits per heavy atom. The van der Waals surface area contributed by atoms with E-state index in [1.807, 2.05) is 4.90 Å². The van der Waals surface area contributed by atoms with Crippen LogP contribution in [0.1, 0.15) is 12.8 Å². The number of aliphatic carboxylic acids is 1. The van der Waals surface area contributed by atoms with E-state index < -0.39 is 12.0 Å². The molecule has 0 radical (unpaired) electrons. The van der Waals surface area contributed by atoms with E-state index in [2.05, 4.69) is 0 Å². The van der Waals surface area contributed by atoms with Crippen molar-refractivity contribution >= 4 is 5.97 Å². The molecule has 2 unspecified atom stereocenters. The molecule has 0 amide bonds. The third-order valence-electron chi connectivity index (χ3n) is 2.46. The van der Waals surface area contributed by atoms with E-state index in [1.165, 1.54) is 0 Å². The molecule has 0 aromatic rings. The Balaban J connectivity index is 2.39. The molecule has 0 aromatic heterocycles. The third kappa shape index (κ3) is 2.65. The number of hydrogen-bond acceptors (Lipinski definition) is 4. The molecule has 13 heavy (non-hydrogen) atoms. The number of carbonyl (C=O) groups is 1. The van der Waals surface area contributed by atoms with Crippen LogP contribution in [0.2, 0.25) is 0 Å². The van der Waals surface area contributed by atoms with Crippen LogP contribution in [0.25, 0.3) is 0 Å². The molecule has 0 bridgehead atoms. The van der Waals surface area contributed by atoms with Gasteiger partial charge < -0.3 is 15.9 Å². The molecule has 4 N–H and O–H groups in total. The number of aliphatic hydroxyl groups is 1. The number of carboxylic acid groups (broad SMARTS) is 1. The molecule has 0 aliphatic carbocycles. The normalized spacial score (nSPS) is 26.2. The largest absolute Gasteiger partial charge is 0.480 e. The maximum Gasteiger partial charge on any atom is 0.321 e. The average Bonchev–Trinajstić information content (AvgIpc) is 2.51. The maximum atomic E-state index is 10.5. The van der Waals surface area contributed by atoms with Crippen molar-refractivity contribution in [3.8, 4) is 0 Å². The Bertz CT molecular complexity index is 186. The fourth-order valence-corrected chi connectivity index (χ4v) is 1.67. The van der Waals surface area contributed by atoms with Gasteiger partial charge in [0.2, 0.25) is 0 Å². The van der Waals surface area contributed by atoms with Crippen molar-refractivity contribution in [2.75, 3.05) is 19.7 Å². The predicted molar refractivity (Wildman–Crippen MR) is 47.3 cm³/mol. The lowest BCUT2D eigenvalue weighted by atomic mass is 10.2. The minimum absolute atomic E-state index is 0.0896. The third-order valence-corrected chi connectivity index (χ3v) is 2.46. The van der Waals surface area contributed by atoms with Crippen LogP contribution in [0, 0.1) is 0 Å². The van der Waals surface area contributed by atoms with E-state index in [0.717, 1.165) is 19.4 Å². The van der Waals surface area contributed by atoms with Crippen LogP contribution in [0.4, 0.5) is 0 Å². The van der Waals surface area contributed by atoms with Crippen LogP contribution in [-0.4, -0.2) is 52.9 Å². The highest BCUT2D eigenvalue weighted by atomic mass is 16.4. The smallest absolute Gasteiger partial charge is 0.321 e. The quantitative estimate of drug-likeness (QED) is 0.519. The van der Waals surface area contributed by atoms with Gasteiger partial charge in [0, 0.05) is 12.6 Å². The summed E-state index contributed by atoms with van der Waals surface area (Å²) in [7, 11) is 0. The van der Waals surface area contributed by atoms with Gasteiger partial charge >= 0.3 is 5.97 Å². The molecule has 0 spiro atoms. The van der Waals surface area contributed by atoms with Crippen molar-refractivity contribution in [3.05, 3.63) is 0 Å². The lowest BCUT2D eigenvalue weighted by Crippen LogP contribution is -2.45. The number of rotatable bonds is 4. The van der Waals surface area contributed by atoms with E-state index >= 15 is 0 Å². The second-order valence-electron chi connectivity index (χ2n) is 3.42. The molecule has 0 aromatic carbocycles. The average molecular weight is 188 g/mol. The van der Waals surface area contributed by atoms with E-state index in [1.54, 1.807) is 0 Å². The van der Waals surface area contributed by atoms with E-state index in [4.69, 9.17) is 15.9 Å². The van der Waals surface area contributed by atoms with Crippen molar-refractivity contribution in [1.82, 2.24) is 4.90 Å². The number of nitrogens with zero attached hydrogens (tertiary/aromatic N) is 1. The summed E-state index contributed by atoms with van der Waals surface area (Å²) in [6, 6.07) is -0.738. The zero-order valence-corrected chi connectivity index (χ0v) is 7.52. The first-order valence-corrected chi connectivity index (χ1v) is 4.48. The zero-order chi connectivity index (χ0) is 9.84. The van der Waals surface area contributed by atoms with Gasteiger partial charge in [-0.05, 0) is 19.4 Å². The van der Waals surface area contributed by atoms with Crippen molar-refractivity contribution in [2.24, 2.45) is 5.73 Å². The van der Waals surface area contributed by atoms with E-state index in [-0.39, 0.29) is 12.6 Å². The lowest BCUT2D eigenvalue weighted by molar-refractivity contribution is -0.139. The molecule has 1 heterocycles. The van der Waals surface area contributed by atoms with E-state index in [0.29, 0.717) is 6.54 Å². The standard InChI is InChI=1S/C8H16N2O3/c9-7(8(12)13)4-10-3-1-2-6(10)5-11/h6-7,11H,1-5,9H2,(H,12,13). The van der Waals surface area contributed by atoms with Crippen LogP contribution in [0.15, 0.2) is 0 Å². The summed E-state index contributed by atoms with van der Waals surface area (Å²) < 4.78 is 0. The molecule has 76 valence electrons. The van der Waals surface area contributed by atoms with Gasteiger partial charge in [-0.15, -0.1) is 0 Å². The first-order chi connectivity index (χ1) is 6.15. The van der Waals surface area contributed by atoms with Gasteiger partial charge in [0.25, 0.3) is 0 Å². The van der Waals surface area contributed by atoms with Crippen molar-refractivity contribution in [2.45, 2.75) is 24.9 Å². The van der Waals surface area contributed by atoms with Crippen molar-refractivity contribution in [1.29, 1.82) is 0 Å². The number of hydrogen-bond donors (Lipinski definition) is 3. The van der Waals surface area contributed by atoms with Gasteiger partial charge in [-0.1, -0.05) is 0 Å². The highest BCUT2D eigenvalue weighted by molar-refractivity contribution is 5.73. The summed E-state index contributed by atoms with van der Waals surface area (Å²) >= 11 is 0. The van der Waals surface area contributed by atoms with Crippen LogP contribution in [0.5, 0.6) is 0 Å². The lowest BCUT2D eigenvalue weighted by Gasteiger charge is -2.24. The number of nitrogens with two attached hydrogens (primary N) is 1. The first-order valence-electron chi connectivity index (χ1n) is 4.48. The zero-order valence-electron chi connectivity index (χ0n) is 7.52. The number of carboxylic acids is 1. The molecular formula is C8H16N2O3. The summed E-state index contributed by atoms with van der Waals surface area (Å²) in [5.41, 5.74) is 5.39. The Morgan fingerprint density at radius 1 is 1.69 bits per heavy atom. The van der Waals surface area contributed by atoms with Crippen molar-refractivity contribution < 1.29 is 15.0 Å². The molecule has 5 heteroatoms. The maximum absolute atomic E-state index is 10.5. The minimum Gasteiger partial charge on any atom is -0.480 e. The van der Waals surface area contributed by atoms with Gasteiger partial charge in [0.15, 0.2) is 0 Å². The van der Waals surface area contributed by atoms with Gasteiger partial charge in [0.05, 0.1) is 6.61 Å². The first kappa shape index (κ1) is 10.4. The van der Waals surface area contributed by atoms with Crippen LogP contribution < -0.4 is 5.73 Å². The summed E-state index contributed by atoms with van der Waals surface area (Å²) in [5, 5.41) is 17.5. The van der Waals surface area contributed by atoms with Crippen LogP contribution >= 0.6 is 0 Å². The summed E-state index contributed by atoms with van der Waals surface area (Å²) in [6.07, 6.45) is 1.94. The minimum atomic E-state index is -0.983. The molecule has 0 saturated carbocycles. The number of aliphatic hydroxyl groups excluding tert-OH is 1. The van der Waals surface area contributed by atoms with Gasteiger partial charge in [-0.3, -0.25) is 9.69 Å². The second kappa shape index (κ2) is 4.55. The molecule has 1 rings (SSSR count). The van der Waals surface area contributed by atoms with Crippen molar-refractivity contribution in [3.63, 3.8) is 0 Å². The molecule has 1 aliphatic rings. The Morgan fingerprint density at radius 3 is 2.92 bits per heavy atom.